The Morgan fingerprint density at radius 2 is 1.68 bits per heavy atom. The van der Waals surface area contributed by atoms with E-state index in [1.807, 2.05) is 0 Å². The minimum Gasteiger partial charge on any atom is -0.467 e. The number of rotatable bonds is 9. The average molecular weight is 400 g/mol. The van der Waals surface area contributed by atoms with E-state index >= 15 is 0 Å². The van der Waals surface area contributed by atoms with E-state index in [9.17, 15) is 13.2 Å². The van der Waals surface area contributed by atoms with Gasteiger partial charge in [0.05, 0.1) is 30.5 Å². The lowest BCUT2D eigenvalue weighted by Crippen LogP contribution is -2.30. The highest BCUT2D eigenvalue weighted by molar-refractivity contribution is 7.89. The molecule has 7 nitrogen and oxygen atoms in total. The molecule has 0 saturated carbocycles. The Bertz CT molecular complexity index is 988. The summed E-state index contributed by atoms with van der Waals surface area (Å²) in [5.74, 6) is 0.876. The molecule has 8 heteroatoms. The summed E-state index contributed by atoms with van der Waals surface area (Å²) >= 11 is 0. The molecular formula is C20H20N2O5S. The third kappa shape index (κ3) is 4.79. The molecule has 0 bridgehead atoms. The van der Waals surface area contributed by atoms with E-state index in [-0.39, 0.29) is 36.0 Å². The topological polar surface area (TPSA) is 92.8 Å². The lowest BCUT2D eigenvalue weighted by atomic mass is 10.2. The molecule has 3 rings (SSSR count). The highest BCUT2D eigenvalue weighted by atomic mass is 32.2. The second kappa shape index (κ2) is 8.73. The lowest BCUT2D eigenvalue weighted by molar-refractivity contribution is 0.0704. The van der Waals surface area contributed by atoms with Crippen molar-refractivity contribution in [2.24, 2.45) is 0 Å². The van der Waals surface area contributed by atoms with E-state index in [4.69, 9.17) is 8.83 Å². The Hall–Kier alpha value is -3.10. The predicted octanol–water partition coefficient (Wildman–Crippen LogP) is 3.18. The third-order valence-electron chi connectivity index (χ3n) is 3.95. The van der Waals surface area contributed by atoms with Gasteiger partial charge < -0.3 is 13.7 Å². The maximum atomic E-state index is 13.1. The minimum atomic E-state index is -3.73. The van der Waals surface area contributed by atoms with Crippen LogP contribution < -0.4 is 4.72 Å². The van der Waals surface area contributed by atoms with Crippen molar-refractivity contribution in [2.45, 2.75) is 18.0 Å². The number of nitrogens with one attached hydrogen (secondary N) is 1. The van der Waals surface area contributed by atoms with Gasteiger partial charge in [0.15, 0.2) is 0 Å². The summed E-state index contributed by atoms with van der Waals surface area (Å²) in [4.78, 5) is 14.6. The fraction of sp³-hybridized carbons (Fsp3) is 0.150. The van der Waals surface area contributed by atoms with Crippen LogP contribution in [-0.2, 0) is 23.1 Å². The Labute approximate surface area is 163 Å². The molecule has 1 N–H and O–H groups in total. The fourth-order valence-corrected chi connectivity index (χ4v) is 3.66. The molecule has 0 unspecified atom stereocenters. The van der Waals surface area contributed by atoms with E-state index in [2.05, 4.69) is 11.3 Å². The van der Waals surface area contributed by atoms with Crippen LogP contribution in [0.3, 0.4) is 0 Å². The normalized spacial score (nSPS) is 11.3. The maximum Gasteiger partial charge on any atom is 0.254 e. The molecule has 2 heterocycles. The van der Waals surface area contributed by atoms with Gasteiger partial charge in [0.25, 0.3) is 5.91 Å². The molecule has 0 saturated heterocycles. The number of hydrogen-bond acceptors (Lipinski definition) is 5. The number of carbonyl (C=O) groups is 1. The lowest BCUT2D eigenvalue weighted by Gasteiger charge is -2.21. The number of carbonyl (C=O) groups excluding carboxylic acids is 1. The number of furan rings is 2. The zero-order chi connectivity index (χ0) is 20.0. The zero-order valence-electron chi connectivity index (χ0n) is 15.1. The van der Waals surface area contributed by atoms with Crippen molar-refractivity contribution in [1.29, 1.82) is 0 Å². The molecule has 28 heavy (non-hydrogen) atoms. The van der Waals surface area contributed by atoms with Crippen molar-refractivity contribution in [3.8, 4) is 0 Å². The average Bonchev–Trinajstić information content (AvgIpc) is 3.40. The summed E-state index contributed by atoms with van der Waals surface area (Å²) < 4.78 is 37.8. The van der Waals surface area contributed by atoms with Crippen LogP contribution in [0.15, 0.2) is 87.4 Å². The number of hydrogen-bond donors (Lipinski definition) is 1. The molecule has 1 aromatic carbocycles. The van der Waals surface area contributed by atoms with E-state index in [0.29, 0.717) is 11.5 Å². The van der Waals surface area contributed by atoms with Crippen LogP contribution in [-0.4, -0.2) is 25.8 Å². The molecule has 3 aromatic rings. The summed E-state index contributed by atoms with van der Waals surface area (Å²) in [5, 5.41) is 0. The minimum absolute atomic E-state index is 0.0103. The van der Waals surface area contributed by atoms with E-state index in [1.54, 1.807) is 30.3 Å². The van der Waals surface area contributed by atoms with E-state index in [0.717, 1.165) is 0 Å². The van der Waals surface area contributed by atoms with Crippen LogP contribution in [0.5, 0.6) is 0 Å². The molecule has 0 spiro atoms. The molecule has 146 valence electrons. The van der Waals surface area contributed by atoms with Crippen molar-refractivity contribution in [2.75, 3.05) is 6.54 Å². The Morgan fingerprint density at radius 1 is 1.04 bits per heavy atom. The molecule has 1 amide bonds. The standard InChI is InChI=1S/C20H20N2O5S/c1-2-10-21-28(24,25)19-9-3-6-16(13-19)20(23)22(14-17-7-4-11-26-17)15-18-8-5-12-27-18/h2-9,11-13,21H,1,10,14-15H2. The van der Waals surface area contributed by atoms with E-state index < -0.39 is 10.0 Å². The van der Waals surface area contributed by atoms with Gasteiger partial charge >= 0.3 is 0 Å². The first kappa shape index (κ1) is 19.7. The smallest absolute Gasteiger partial charge is 0.254 e. The van der Waals surface area contributed by atoms with Crippen LogP contribution in [0.4, 0.5) is 0 Å². The van der Waals surface area contributed by atoms with Crippen LogP contribution in [0.1, 0.15) is 21.9 Å². The van der Waals surface area contributed by atoms with Crippen LogP contribution in [0, 0.1) is 0 Å². The van der Waals surface area contributed by atoms with Crippen molar-refractivity contribution < 1.29 is 22.0 Å². The van der Waals surface area contributed by atoms with Gasteiger partial charge in [0, 0.05) is 12.1 Å². The van der Waals surface area contributed by atoms with Crippen molar-refractivity contribution in [1.82, 2.24) is 9.62 Å². The first-order chi connectivity index (χ1) is 13.5. The first-order valence-corrected chi connectivity index (χ1v) is 10.0. The highest BCUT2D eigenvalue weighted by Gasteiger charge is 2.21. The SMILES string of the molecule is C=CCNS(=O)(=O)c1cccc(C(=O)N(Cc2ccco2)Cc2ccco2)c1. The van der Waals surface area contributed by atoms with Gasteiger partial charge in [0.2, 0.25) is 10.0 Å². The second-order valence-corrected chi connectivity index (χ2v) is 7.76. The van der Waals surface area contributed by atoms with Crippen molar-refractivity contribution in [3.63, 3.8) is 0 Å². The summed E-state index contributed by atoms with van der Waals surface area (Å²) in [6, 6.07) is 12.9. The van der Waals surface area contributed by atoms with E-state index in [1.165, 1.54) is 41.7 Å². The molecule has 2 aromatic heterocycles. The molecular weight excluding hydrogens is 380 g/mol. The van der Waals surface area contributed by atoms with Crippen LogP contribution >= 0.6 is 0 Å². The van der Waals surface area contributed by atoms with Gasteiger partial charge in [-0.05, 0) is 42.5 Å². The highest BCUT2D eigenvalue weighted by Crippen LogP contribution is 2.18. The zero-order valence-corrected chi connectivity index (χ0v) is 15.9. The number of benzene rings is 1. The second-order valence-electron chi connectivity index (χ2n) is 5.99. The predicted molar refractivity (Wildman–Crippen MR) is 103 cm³/mol. The Kier molecular flexibility index (Phi) is 6.13. The monoisotopic (exact) mass is 400 g/mol. The van der Waals surface area contributed by atoms with Gasteiger partial charge in [-0.3, -0.25) is 4.79 Å². The molecule has 0 aliphatic carbocycles. The summed E-state index contributed by atoms with van der Waals surface area (Å²) in [5.41, 5.74) is 0.250. The van der Waals surface area contributed by atoms with Crippen LogP contribution in [0.25, 0.3) is 0 Å². The molecule has 0 atom stereocenters. The fourth-order valence-electron chi connectivity index (χ4n) is 2.61. The summed E-state index contributed by atoms with van der Waals surface area (Å²) in [6.45, 7) is 4.03. The largest absolute Gasteiger partial charge is 0.467 e. The Balaban J connectivity index is 1.87. The molecule has 0 aliphatic heterocycles. The first-order valence-electron chi connectivity index (χ1n) is 8.54. The number of sulfonamides is 1. The van der Waals surface area contributed by atoms with Crippen molar-refractivity contribution >= 4 is 15.9 Å². The maximum absolute atomic E-state index is 13.1. The quantitative estimate of drug-likeness (QED) is 0.557. The summed E-state index contributed by atoms with van der Waals surface area (Å²) in [7, 11) is -3.73. The molecule has 0 radical (unpaired) electrons. The van der Waals surface area contributed by atoms with Gasteiger partial charge in [-0.25, -0.2) is 13.1 Å². The van der Waals surface area contributed by atoms with Gasteiger partial charge in [-0.2, -0.15) is 0 Å². The number of amides is 1. The van der Waals surface area contributed by atoms with Crippen LogP contribution in [0.2, 0.25) is 0 Å². The molecule has 0 fully saturated rings. The third-order valence-corrected chi connectivity index (χ3v) is 5.37. The summed E-state index contributed by atoms with van der Waals surface area (Å²) in [6.07, 6.45) is 4.51. The molecule has 0 aliphatic rings. The van der Waals surface area contributed by atoms with Gasteiger partial charge in [-0.1, -0.05) is 12.1 Å². The Morgan fingerprint density at radius 3 is 2.21 bits per heavy atom. The van der Waals surface area contributed by atoms with Gasteiger partial charge in [-0.15, -0.1) is 6.58 Å². The van der Waals surface area contributed by atoms with Gasteiger partial charge in [0.1, 0.15) is 11.5 Å². The number of nitrogens with zero attached hydrogens (tertiary/aromatic N) is 1. The van der Waals surface area contributed by atoms with Crippen molar-refractivity contribution in [3.05, 3.63) is 90.8 Å².